The van der Waals surface area contributed by atoms with Crippen molar-refractivity contribution < 1.29 is 32.2 Å². The predicted molar refractivity (Wildman–Crippen MR) is 112 cm³/mol. The summed E-state index contributed by atoms with van der Waals surface area (Å²) in [4.78, 5) is 27.0. The van der Waals surface area contributed by atoms with Crippen LogP contribution in [0.3, 0.4) is 0 Å². The Labute approximate surface area is 181 Å². The number of ether oxygens (including phenoxy) is 3. The molecule has 2 aromatic rings. The zero-order valence-electron chi connectivity index (χ0n) is 17.4. The molecule has 9 nitrogen and oxygen atoms in total. The third-order valence-corrected chi connectivity index (χ3v) is 6.89. The molecule has 1 atom stereocenters. The van der Waals surface area contributed by atoms with Gasteiger partial charge in [-0.25, -0.2) is 13.3 Å². The van der Waals surface area contributed by atoms with Crippen molar-refractivity contribution in [3.63, 3.8) is 0 Å². The van der Waals surface area contributed by atoms with E-state index in [-0.39, 0.29) is 17.9 Å². The smallest absolute Gasteiger partial charge is 0.252 e. The molecule has 0 aromatic heterocycles. The van der Waals surface area contributed by atoms with Gasteiger partial charge in [0.2, 0.25) is 15.9 Å². The number of hydrogen-bond acceptors (Lipinski definition) is 7. The van der Waals surface area contributed by atoms with E-state index in [4.69, 9.17) is 14.2 Å². The maximum absolute atomic E-state index is 13.4. The Balaban J connectivity index is 1.98. The lowest BCUT2D eigenvalue weighted by atomic mass is 10.2. The van der Waals surface area contributed by atoms with Crippen molar-refractivity contribution >= 4 is 27.5 Å². The van der Waals surface area contributed by atoms with Gasteiger partial charge in [-0.3, -0.25) is 9.59 Å². The second-order valence-electron chi connectivity index (χ2n) is 6.77. The van der Waals surface area contributed by atoms with Crippen molar-refractivity contribution in [2.45, 2.75) is 23.6 Å². The molecule has 166 valence electrons. The standard InChI is InChI=1S/C21H24N2O7S/c1-28-16-11-9-15(10-12-16)23-19(24)13-18(21(23)25)22(14-20(29-2)30-3)31(26,27)17-7-5-4-6-8-17/h4-12,18,20H,13-14H2,1-3H3. The molecule has 1 aliphatic heterocycles. The second kappa shape index (κ2) is 9.56. The van der Waals surface area contributed by atoms with Gasteiger partial charge in [0.15, 0.2) is 6.29 Å². The minimum Gasteiger partial charge on any atom is -0.497 e. The first kappa shape index (κ1) is 22.9. The summed E-state index contributed by atoms with van der Waals surface area (Å²) >= 11 is 0. The number of methoxy groups -OCH3 is 3. The lowest BCUT2D eigenvalue weighted by Crippen LogP contribution is -2.49. The van der Waals surface area contributed by atoms with Gasteiger partial charge in [-0.15, -0.1) is 0 Å². The summed E-state index contributed by atoms with van der Waals surface area (Å²) in [7, 11) is 0.122. The first-order chi connectivity index (χ1) is 14.8. The van der Waals surface area contributed by atoms with Crippen LogP contribution in [-0.4, -0.2) is 64.7 Å². The van der Waals surface area contributed by atoms with Crippen molar-refractivity contribution in [1.82, 2.24) is 4.31 Å². The summed E-state index contributed by atoms with van der Waals surface area (Å²) < 4.78 is 43.2. The van der Waals surface area contributed by atoms with E-state index in [1.54, 1.807) is 42.5 Å². The molecule has 0 bridgehead atoms. The van der Waals surface area contributed by atoms with Crippen LogP contribution in [0.2, 0.25) is 0 Å². The number of imide groups is 1. The Hall–Kier alpha value is -2.79. The van der Waals surface area contributed by atoms with Gasteiger partial charge in [-0.1, -0.05) is 18.2 Å². The molecule has 1 heterocycles. The third-order valence-electron chi connectivity index (χ3n) is 5.01. The molecule has 0 N–H and O–H groups in total. The highest BCUT2D eigenvalue weighted by molar-refractivity contribution is 7.89. The molecule has 2 aromatic carbocycles. The molecule has 1 unspecified atom stereocenters. The molecule has 1 fully saturated rings. The van der Waals surface area contributed by atoms with Crippen LogP contribution in [0.1, 0.15) is 6.42 Å². The maximum atomic E-state index is 13.4. The minimum absolute atomic E-state index is 0.00380. The fourth-order valence-electron chi connectivity index (χ4n) is 3.36. The van der Waals surface area contributed by atoms with E-state index < -0.39 is 34.2 Å². The number of sulfonamides is 1. The summed E-state index contributed by atoms with van der Waals surface area (Å²) in [5.74, 6) is -0.573. The van der Waals surface area contributed by atoms with Crippen molar-refractivity contribution in [2.75, 3.05) is 32.8 Å². The molecular formula is C21H24N2O7S. The van der Waals surface area contributed by atoms with Gasteiger partial charge < -0.3 is 14.2 Å². The first-order valence-electron chi connectivity index (χ1n) is 9.46. The minimum atomic E-state index is -4.12. The number of anilines is 1. The monoisotopic (exact) mass is 448 g/mol. The average Bonchev–Trinajstić information content (AvgIpc) is 3.08. The van der Waals surface area contributed by atoms with Crippen LogP contribution < -0.4 is 9.64 Å². The van der Waals surface area contributed by atoms with Gasteiger partial charge in [-0.2, -0.15) is 4.31 Å². The highest BCUT2D eigenvalue weighted by atomic mass is 32.2. The van der Waals surface area contributed by atoms with E-state index in [9.17, 15) is 18.0 Å². The number of carbonyl (C=O) groups excluding carboxylic acids is 2. The van der Waals surface area contributed by atoms with E-state index >= 15 is 0 Å². The highest BCUT2D eigenvalue weighted by Gasteiger charge is 2.47. The van der Waals surface area contributed by atoms with Crippen LogP contribution >= 0.6 is 0 Å². The summed E-state index contributed by atoms with van der Waals surface area (Å²) in [6, 6.07) is 12.9. The normalized spacial score (nSPS) is 17.1. The van der Waals surface area contributed by atoms with Gasteiger partial charge >= 0.3 is 0 Å². The summed E-state index contributed by atoms with van der Waals surface area (Å²) in [5, 5.41) is 0. The Bertz CT molecular complexity index is 1020. The van der Waals surface area contributed by atoms with Crippen LogP contribution in [0, 0.1) is 0 Å². The fraction of sp³-hybridized carbons (Fsp3) is 0.333. The van der Waals surface area contributed by atoms with E-state index in [1.807, 2.05) is 0 Å². The van der Waals surface area contributed by atoms with Gasteiger partial charge in [0.1, 0.15) is 11.8 Å². The van der Waals surface area contributed by atoms with Crippen LogP contribution in [0.25, 0.3) is 0 Å². The second-order valence-corrected chi connectivity index (χ2v) is 8.66. The summed E-state index contributed by atoms with van der Waals surface area (Å²) in [5.41, 5.74) is 0.338. The van der Waals surface area contributed by atoms with E-state index in [0.717, 1.165) is 9.21 Å². The summed E-state index contributed by atoms with van der Waals surface area (Å²) in [6.45, 7) is -0.260. The SMILES string of the molecule is COc1ccc(N2C(=O)CC(N(CC(OC)OC)S(=O)(=O)c3ccccc3)C2=O)cc1. The van der Waals surface area contributed by atoms with Gasteiger partial charge in [0.25, 0.3) is 5.91 Å². The van der Waals surface area contributed by atoms with Crippen LogP contribution in [0.5, 0.6) is 5.75 Å². The zero-order chi connectivity index (χ0) is 22.6. The highest BCUT2D eigenvalue weighted by Crippen LogP contribution is 2.30. The Morgan fingerprint density at radius 2 is 1.61 bits per heavy atom. The topological polar surface area (TPSA) is 102 Å². The summed E-state index contributed by atoms with van der Waals surface area (Å²) in [6.07, 6.45) is -1.21. The number of carbonyl (C=O) groups is 2. The van der Waals surface area contributed by atoms with Gasteiger partial charge in [0.05, 0.1) is 30.7 Å². The van der Waals surface area contributed by atoms with Crippen LogP contribution in [0.15, 0.2) is 59.5 Å². The van der Waals surface area contributed by atoms with Crippen molar-refractivity contribution in [1.29, 1.82) is 0 Å². The molecule has 1 saturated heterocycles. The first-order valence-corrected chi connectivity index (χ1v) is 10.9. The molecular weight excluding hydrogens is 424 g/mol. The van der Waals surface area contributed by atoms with E-state index in [0.29, 0.717) is 11.4 Å². The lowest BCUT2D eigenvalue weighted by molar-refractivity contribution is -0.125. The molecule has 0 radical (unpaired) electrons. The zero-order valence-corrected chi connectivity index (χ0v) is 18.2. The number of rotatable bonds is 9. The fourth-order valence-corrected chi connectivity index (χ4v) is 4.95. The van der Waals surface area contributed by atoms with E-state index in [2.05, 4.69) is 0 Å². The van der Waals surface area contributed by atoms with E-state index in [1.165, 1.54) is 33.5 Å². The Morgan fingerprint density at radius 1 is 1.00 bits per heavy atom. The molecule has 0 saturated carbocycles. The van der Waals surface area contributed by atoms with Crippen molar-refractivity contribution in [2.24, 2.45) is 0 Å². The maximum Gasteiger partial charge on any atom is 0.252 e. The Kier molecular flexibility index (Phi) is 7.06. The number of benzene rings is 2. The molecule has 31 heavy (non-hydrogen) atoms. The molecule has 0 aliphatic carbocycles. The largest absolute Gasteiger partial charge is 0.497 e. The van der Waals surface area contributed by atoms with Crippen LogP contribution in [0.4, 0.5) is 5.69 Å². The third kappa shape index (κ3) is 4.62. The predicted octanol–water partition coefficient (Wildman–Crippen LogP) is 1.64. The lowest BCUT2D eigenvalue weighted by Gasteiger charge is -2.29. The van der Waals surface area contributed by atoms with Gasteiger partial charge in [-0.05, 0) is 36.4 Å². The molecule has 3 rings (SSSR count). The van der Waals surface area contributed by atoms with Crippen LogP contribution in [-0.2, 0) is 29.1 Å². The molecule has 10 heteroatoms. The number of hydrogen-bond donors (Lipinski definition) is 0. The number of nitrogens with zero attached hydrogens (tertiary/aromatic N) is 2. The van der Waals surface area contributed by atoms with Crippen molar-refractivity contribution in [3.05, 3.63) is 54.6 Å². The quantitative estimate of drug-likeness (QED) is 0.424. The molecule has 1 aliphatic rings. The molecule has 0 spiro atoms. The molecule has 2 amide bonds. The van der Waals surface area contributed by atoms with Gasteiger partial charge in [0, 0.05) is 14.2 Å². The average molecular weight is 448 g/mol. The Morgan fingerprint density at radius 3 is 2.16 bits per heavy atom. The number of amides is 2. The van der Waals surface area contributed by atoms with Crippen molar-refractivity contribution in [3.8, 4) is 5.75 Å².